The number of amides is 2. The van der Waals surface area contributed by atoms with Gasteiger partial charge in [0.15, 0.2) is 0 Å². The molecule has 2 amide bonds. The second kappa shape index (κ2) is 7.41. The van der Waals surface area contributed by atoms with Crippen LogP contribution in [0, 0.1) is 17.6 Å². The van der Waals surface area contributed by atoms with E-state index in [0.29, 0.717) is 11.8 Å². The van der Waals surface area contributed by atoms with E-state index >= 15 is 0 Å². The minimum absolute atomic E-state index is 0.0925. The molecule has 152 valence electrons. The number of rotatable bonds is 4. The maximum Gasteiger partial charge on any atom is 0.315 e. The zero-order valence-electron chi connectivity index (χ0n) is 16.2. The highest BCUT2D eigenvalue weighted by Crippen LogP contribution is 2.56. The van der Waals surface area contributed by atoms with Crippen LogP contribution in [0.2, 0.25) is 0 Å². The second-order valence-corrected chi connectivity index (χ2v) is 8.56. The van der Waals surface area contributed by atoms with Crippen molar-refractivity contribution in [2.45, 2.75) is 43.8 Å². The normalized spacial score (nSPS) is 25.9. The summed E-state index contributed by atoms with van der Waals surface area (Å²) in [5, 5.41) is 6.24. The Bertz CT molecular complexity index is 909. The van der Waals surface area contributed by atoms with E-state index in [9.17, 15) is 13.6 Å². The fourth-order valence-electron chi connectivity index (χ4n) is 5.04. The number of halogens is 2. The van der Waals surface area contributed by atoms with Gasteiger partial charge in [0, 0.05) is 37.6 Å². The molecule has 3 atom stereocenters. The highest BCUT2D eigenvalue weighted by molar-refractivity contribution is 5.75. The smallest absolute Gasteiger partial charge is 0.315 e. The largest absolute Gasteiger partial charge is 0.335 e. The fourth-order valence-corrected chi connectivity index (χ4v) is 5.04. The third-order valence-corrected chi connectivity index (χ3v) is 6.63. The topological polar surface area (TPSA) is 44.4 Å². The molecule has 0 aromatic heterocycles. The van der Waals surface area contributed by atoms with Crippen LogP contribution in [0.5, 0.6) is 0 Å². The summed E-state index contributed by atoms with van der Waals surface area (Å²) in [5.74, 6) is 0.361. The van der Waals surface area contributed by atoms with Crippen LogP contribution in [0.4, 0.5) is 13.6 Å². The first-order chi connectivity index (χ1) is 14.1. The van der Waals surface area contributed by atoms with E-state index < -0.39 is 0 Å². The van der Waals surface area contributed by atoms with Gasteiger partial charge in [-0.05, 0) is 66.1 Å². The van der Waals surface area contributed by atoms with E-state index in [2.05, 4.69) is 15.5 Å². The summed E-state index contributed by atoms with van der Waals surface area (Å²) in [6.07, 6.45) is 2.67. The van der Waals surface area contributed by atoms with Gasteiger partial charge < -0.3 is 10.6 Å². The predicted molar refractivity (Wildman–Crippen MR) is 106 cm³/mol. The molecule has 2 aliphatic carbocycles. The molecule has 5 rings (SSSR count). The van der Waals surface area contributed by atoms with E-state index in [0.717, 1.165) is 50.0 Å². The molecule has 3 aliphatic rings. The molecule has 1 heterocycles. The number of fused-ring (bicyclic) bond motifs is 3. The number of hydrogen-bond donors (Lipinski definition) is 2. The van der Waals surface area contributed by atoms with Gasteiger partial charge in [-0.15, -0.1) is 0 Å². The van der Waals surface area contributed by atoms with Crippen molar-refractivity contribution in [3.63, 3.8) is 0 Å². The maximum absolute atomic E-state index is 13.3. The van der Waals surface area contributed by atoms with Crippen molar-refractivity contribution in [1.29, 1.82) is 0 Å². The number of urea groups is 1. The van der Waals surface area contributed by atoms with Crippen molar-refractivity contribution >= 4 is 6.03 Å². The van der Waals surface area contributed by atoms with Crippen LogP contribution in [-0.2, 0) is 13.0 Å². The molecule has 1 saturated carbocycles. The second-order valence-electron chi connectivity index (χ2n) is 8.56. The first-order valence-electron chi connectivity index (χ1n) is 10.4. The maximum atomic E-state index is 13.3. The molecule has 2 aromatic rings. The molecule has 1 aliphatic heterocycles. The third-order valence-electron chi connectivity index (χ3n) is 6.63. The fraction of sp³-hybridized carbons (Fsp3) is 0.435. The van der Waals surface area contributed by atoms with Crippen molar-refractivity contribution in [3.05, 3.63) is 70.8 Å². The van der Waals surface area contributed by atoms with Gasteiger partial charge in [-0.1, -0.05) is 18.2 Å². The van der Waals surface area contributed by atoms with E-state index in [4.69, 9.17) is 0 Å². The van der Waals surface area contributed by atoms with Crippen LogP contribution in [0.1, 0.15) is 35.4 Å². The average molecular weight is 397 g/mol. The number of carbonyl (C=O) groups excluding carboxylic acids is 1. The SMILES string of the molecule is O=C(NC1CCN(Cc2ccc(F)cc2)CC1)NC1C2Cc3cc(F)ccc3C21. The minimum Gasteiger partial charge on any atom is -0.335 e. The summed E-state index contributed by atoms with van der Waals surface area (Å²) in [6, 6.07) is 11.9. The van der Waals surface area contributed by atoms with Gasteiger partial charge in [-0.2, -0.15) is 0 Å². The van der Waals surface area contributed by atoms with Crippen LogP contribution in [-0.4, -0.2) is 36.1 Å². The Labute approximate surface area is 169 Å². The molecule has 1 saturated heterocycles. The van der Waals surface area contributed by atoms with Crippen molar-refractivity contribution in [2.75, 3.05) is 13.1 Å². The molecule has 2 fully saturated rings. The first-order valence-corrected chi connectivity index (χ1v) is 10.4. The summed E-state index contributed by atoms with van der Waals surface area (Å²) >= 11 is 0. The van der Waals surface area contributed by atoms with E-state index in [1.807, 2.05) is 18.2 Å². The summed E-state index contributed by atoms with van der Waals surface area (Å²) in [6.45, 7) is 2.64. The highest BCUT2D eigenvalue weighted by Gasteiger charge is 2.56. The van der Waals surface area contributed by atoms with Crippen LogP contribution >= 0.6 is 0 Å². The van der Waals surface area contributed by atoms with Crippen LogP contribution < -0.4 is 10.6 Å². The van der Waals surface area contributed by atoms with Gasteiger partial charge in [0.1, 0.15) is 11.6 Å². The Morgan fingerprint density at radius 2 is 1.72 bits per heavy atom. The zero-order valence-corrected chi connectivity index (χ0v) is 16.2. The molecule has 3 unspecified atom stereocenters. The number of carbonyl (C=O) groups is 1. The predicted octanol–water partition coefficient (Wildman–Crippen LogP) is 3.57. The Kier molecular flexibility index (Phi) is 4.74. The van der Waals surface area contributed by atoms with Gasteiger partial charge in [-0.25, -0.2) is 13.6 Å². The molecular weight excluding hydrogens is 372 g/mol. The molecule has 2 N–H and O–H groups in total. The zero-order chi connectivity index (χ0) is 20.0. The third kappa shape index (κ3) is 3.86. The Morgan fingerprint density at radius 1 is 1.00 bits per heavy atom. The van der Waals surface area contributed by atoms with Crippen molar-refractivity contribution in [2.24, 2.45) is 5.92 Å². The standard InChI is InChI=1S/C23H25F2N3O/c24-16-3-1-14(2-4-16)13-28-9-7-18(8-10-28)26-23(29)27-22-20-12-15-11-17(25)5-6-19(15)21(20)22/h1-6,11,18,20-22H,7-10,12-13H2,(H2,26,27,29). The van der Waals surface area contributed by atoms with E-state index in [1.54, 1.807) is 6.07 Å². The lowest BCUT2D eigenvalue weighted by molar-refractivity contribution is 0.186. The van der Waals surface area contributed by atoms with Crippen LogP contribution in [0.15, 0.2) is 42.5 Å². The number of nitrogens with one attached hydrogen (secondary N) is 2. The van der Waals surface area contributed by atoms with Crippen molar-refractivity contribution in [1.82, 2.24) is 15.5 Å². The van der Waals surface area contributed by atoms with Gasteiger partial charge in [0.25, 0.3) is 0 Å². The van der Waals surface area contributed by atoms with Crippen molar-refractivity contribution < 1.29 is 13.6 Å². The van der Waals surface area contributed by atoms with E-state index in [-0.39, 0.29) is 29.7 Å². The number of benzene rings is 2. The number of nitrogens with zero attached hydrogens (tertiary/aromatic N) is 1. The molecule has 0 radical (unpaired) electrons. The quantitative estimate of drug-likeness (QED) is 0.829. The van der Waals surface area contributed by atoms with Gasteiger partial charge in [0.05, 0.1) is 0 Å². The molecule has 6 heteroatoms. The van der Waals surface area contributed by atoms with Gasteiger partial charge in [0.2, 0.25) is 0 Å². The minimum atomic E-state index is -0.210. The molecule has 2 aromatic carbocycles. The van der Waals surface area contributed by atoms with Crippen molar-refractivity contribution in [3.8, 4) is 0 Å². The monoisotopic (exact) mass is 397 g/mol. The summed E-state index contributed by atoms with van der Waals surface area (Å²) < 4.78 is 26.4. The number of likely N-dealkylation sites (tertiary alicyclic amines) is 1. The Balaban J connectivity index is 1.07. The lowest BCUT2D eigenvalue weighted by atomic mass is 10.0. The summed E-state index contributed by atoms with van der Waals surface area (Å²) in [4.78, 5) is 14.8. The Hall–Kier alpha value is -2.47. The summed E-state index contributed by atoms with van der Waals surface area (Å²) in [5.41, 5.74) is 3.39. The molecule has 29 heavy (non-hydrogen) atoms. The summed E-state index contributed by atoms with van der Waals surface area (Å²) in [7, 11) is 0. The van der Waals surface area contributed by atoms with Crippen LogP contribution in [0.25, 0.3) is 0 Å². The number of hydrogen-bond acceptors (Lipinski definition) is 2. The first kappa shape index (κ1) is 18.6. The molecular formula is C23H25F2N3O. The van der Waals surface area contributed by atoms with Gasteiger partial charge >= 0.3 is 6.03 Å². The number of piperidine rings is 1. The lowest BCUT2D eigenvalue weighted by Crippen LogP contribution is -2.48. The molecule has 4 nitrogen and oxygen atoms in total. The average Bonchev–Trinajstić information content (AvgIpc) is 3.21. The lowest BCUT2D eigenvalue weighted by Gasteiger charge is -2.32. The molecule has 0 bridgehead atoms. The Morgan fingerprint density at radius 3 is 2.48 bits per heavy atom. The molecule has 0 spiro atoms. The van der Waals surface area contributed by atoms with Gasteiger partial charge in [-0.3, -0.25) is 4.90 Å². The van der Waals surface area contributed by atoms with E-state index in [1.165, 1.54) is 23.8 Å². The highest BCUT2D eigenvalue weighted by atomic mass is 19.1. The van der Waals surface area contributed by atoms with Crippen LogP contribution in [0.3, 0.4) is 0 Å².